The van der Waals surface area contributed by atoms with Crippen molar-refractivity contribution in [1.82, 2.24) is 5.32 Å². The normalized spacial score (nSPS) is 15.0. The standard InChI is InChI=1S/C29H43NO2S/c1-8-26-24-18-29(6,7)13-12-23(24)28(33-26)25(31)11-10-22-16-20(4)27(21(5)17-22)32-15-9-14-30-19(2)3/h16-17,19,30H,8-15,18H2,1-7H3. The summed E-state index contributed by atoms with van der Waals surface area (Å²) in [5.41, 5.74) is 6.76. The molecule has 0 saturated heterocycles. The summed E-state index contributed by atoms with van der Waals surface area (Å²) >= 11 is 1.77. The van der Waals surface area contributed by atoms with E-state index in [-0.39, 0.29) is 0 Å². The molecule has 3 rings (SSSR count). The van der Waals surface area contributed by atoms with Gasteiger partial charge < -0.3 is 10.1 Å². The maximum atomic E-state index is 13.2. The van der Waals surface area contributed by atoms with Crippen LogP contribution in [0.15, 0.2) is 12.1 Å². The van der Waals surface area contributed by atoms with Crippen LogP contribution >= 0.6 is 11.3 Å². The first-order valence-electron chi connectivity index (χ1n) is 12.7. The molecule has 0 fully saturated rings. The second-order valence-corrected chi connectivity index (χ2v) is 11.9. The van der Waals surface area contributed by atoms with E-state index >= 15 is 0 Å². The van der Waals surface area contributed by atoms with E-state index in [1.165, 1.54) is 39.1 Å². The highest BCUT2D eigenvalue weighted by molar-refractivity contribution is 7.14. The van der Waals surface area contributed by atoms with E-state index in [2.05, 4.69) is 65.9 Å². The van der Waals surface area contributed by atoms with Gasteiger partial charge in [0, 0.05) is 17.3 Å². The van der Waals surface area contributed by atoms with Crippen molar-refractivity contribution in [3.8, 4) is 5.75 Å². The Morgan fingerprint density at radius 1 is 1.18 bits per heavy atom. The van der Waals surface area contributed by atoms with Gasteiger partial charge in [-0.3, -0.25) is 4.79 Å². The van der Waals surface area contributed by atoms with Crippen LogP contribution in [0.25, 0.3) is 0 Å². The van der Waals surface area contributed by atoms with E-state index in [9.17, 15) is 4.79 Å². The average Bonchev–Trinajstić information content (AvgIpc) is 3.09. The Hall–Kier alpha value is -1.65. The number of hydrogen-bond acceptors (Lipinski definition) is 4. The number of thiophene rings is 1. The summed E-state index contributed by atoms with van der Waals surface area (Å²) in [6, 6.07) is 4.91. The number of Topliss-reactive ketones (excluding diaryl/α,β-unsaturated/α-hetero) is 1. The second-order valence-electron chi connectivity index (χ2n) is 10.8. The third-order valence-electron chi connectivity index (χ3n) is 6.76. The SMILES string of the molecule is CCc1sc(C(=O)CCc2cc(C)c(OCCCNC(C)C)c(C)c2)c2c1CC(C)(C)CC2. The molecule has 182 valence electrons. The fourth-order valence-electron chi connectivity index (χ4n) is 4.98. The predicted molar refractivity (Wildman–Crippen MR) is 141 cm³/mol. The number of carbonyl (C=O) groups is 1. The van der Waals surface area contributed by atoms with Gasteiger partial charge >= 0.3 is 0 Å². The highest BCUT2D eigenvalue weighted by atomic mass is 32.1. The molecule has 1 heterocycles. The molecule has 1 aliphatic carbocycles. The summed E-state index contributed by atoms with van der Waals surface area (Å²) in [6.45, 7) is 17.2. The molecule has 4 heteroatoms. The van der Waals surface area contributed by atoms with Crippen LogP contribution in [0.5, 0.6) is 5.75 Å². The monoisotopic (exact) mass is 469 g/mol. The molecule has 0 spiro atoms. The Morgan fingerprint density at radius 2 is 1.88 bits per heavy atom. The summed E-state index contributed by atoms with van der Waals surface area (Å²) in [7, 11) is 0. The third kappa shape index (κ3) is 6.70. The van der Waals surface area contributed by atoms with E-state index in [0.29, 0.717) is 23.7 Å². The van der Waals surface area contributed by atoms with Crippen molar-refractivity contribution in [2.75, 3.05) is 13.2 Å². The summed E-state index contributed by atoms with van der Waals surface area (Å²) in [6.07, 6.45) is 6.74. The summed E-state index contributed by atoms with van der Waals surface area (Å²) in [5.74, 6) is 1.32. The minimum atomic E-state index is 0.323. The Kier molecular flexibility index (Phi) is 8.80. The smallest absolute Gasteiger partial charge is 0.173 e. The molecule has 1 aliphatic rings. The molecule has 2 aromatic rings. The molecule has 1 aromatic heterocycles. The van der Waals surface area contributed by atoms with Gasteiger partial charge in [0.1, 0.15) is 5.75 Å². The van der Waals surface area contributed by atoms with Crippen LogP contribution < -0.4 is 10.1 Å². The van der Waals surface area contributed by atoms with Gasteiger partial charge in [-0.05, 0) is 92.1 Å². The molecule has 1 aromatic carbocycles. The van der Waals surface area contributed by atoms with Gasteiger partial charge in [-0.1, -0.05) is 46.8 Å². The molecule has 0 aliphatic heterocycles. The molecule has 0 atom stereocenters. The fourth-order valence-corrected chi connectivity index (χ4v) is 6.26. The molecule has 0 radical (unpaired) electrons. The molecule has 0 unspecified atom stereocenters. The molecule has 0 saturated carbocycles. The third-order valence-corrected chi connectivity index (χ3v) is 8.22. The van der Waals surface area contributed by atoms with E-state index < -0.39 is 0 Å². The van der Waals surface area contributed by atoms with Crippen molar-refractivity contribution in [3.63, 3.8) is 0 Å². The zero-order valence-corrected chi connectivity index (χ0v) is 22.6. The zero-order chi connectivity index (χ0) is 24.2. The highest BCUT2D eigenvalue weighted by Gasteiger charge is 2.31. The van der Waals surface area contributed by atoms with E-state index in [4.69, 9.17) is 4.74 Å². The summed E-state index contributed by atoms with van der Waals surface area (Å²) in [5, 5.41) is 3.43. The molecule has 0 bridgehead atoms. The lowest BCUT2D eigenvalue weighted by atomic mass is 9.74. The first-order chi connectivity index (χ1) is 15.6. The topological polar surface area (TPSA) is 38.3 Å². The number of fused-ring (bicyclic) bond motifs is 1. The van der Waals surface area contributed by atoms with E-state index in [1.54, 1.807) is 11.3 Å². The number of ketones is 1. The maximum absolute atomic E-state index is 13.2. The zero-order valence-electron chi connectivity index (χ0n) is 21.8. The summed E-state index contributed by atoms with van der Waals surface area (Å²) in [4.78, 5) is 15.7. The Bertz CT molecular complexity index is 947. The number of rotatable bonds is 11. The number of carbonyl (C=O) groups excluding carboxylic acids is 1. The second kappa shape index (κ2) is 11.2. The molecule has 0 amide bonds. The first-order valence-corrected chi connectivity index (χ1v) is 13.6. The van der Waals surface area contributed by atoms with Gasteiger partial charge in [0.15, 0.2) is 5.78 Å². The minimum absolute atomic E-state index is 0.323. The predicted octanol–water partition coefficient (Wildman–Crippen LogP) is 7.02. The Balaban J connectivity index is 1.62. The lowest BCUT2D eigenvalue weighted by Gasteiger charge is -2.30. The van der Waals surface area contributed by atoms with Gasteiger partial charge in [0.2, 0.25) is 0 Å². The quantitative estimate of drug-likeness (QED) is 0.284. The van der Waals surface area contributed by atoms with Crippen LogP contribution in [-0.2, 0) is 25.7 Å². The number of nitrogens with one attached hydrogen (secondary N) is 1. The van der Waals surface area contributed by atoms with Crippen LogP contribution in [0.4, 0.5) is 0 Å². The summed E-state index contributed by atoms with van der Waals surface area (Å²) < 4.78 is 6.09. The highest BCUT2D eigenvalue weighted by Crippen LogP contribution is 2.42. The van der Waals surface area contributed by atoms with Crippen LogP contribution in [-0.4, -0.2) is 25.0 Å². The largest absolute Gasteiger partial charge is 0.493 e. The van der Waals surface area contributed by atoms with E-state index in [0.717, 1.165) is 55.9 Å². The maximum Gasteiger partial charge on any atom is 0.173 e. The minimum Gasteiger partial charge on any atom is -0.493 e. The van der Waals surface area contributed by atoms with Crippen LogP contribution in [0.3, 0.4) is 0 Å². The van der Waals surface area contributed by atoms with Crippen molar-refractivity contribution in [1.29, 1.82) is 0 Å². The molecular weight excluding hydrogens is 426 g/mol. The van der Waals surface area contributed by atoms with Gasteiger partial charge in [-0.15, -0.1) is 11.3 Å². The van der Waals surface area contributed by atoms with Crippen molar-refractivity contribution >= 4 is 17.1 Å². The first kappa shape index (κ1) is 26.0. The van der Waals surface area contributed by atoms with Crippen LogP contribution in [0.1, 0.15) is 96.2 Å². The average molecular weight is 470 g/mol. The Labute approximate surface area is 205 Å². The Morgan fingerprint density at radius 3 is 2.52 bits per heavy atom. The molecular formula is C29H43NO2S. The van der Waals surface area contributed by atoms with Crippen molar-refractivity contribution in [2.24, 2.45) is 5.41 Å². The number of hydrogen-bond donors (Lipinski definition) is 1. The van der Waals surface area contributed by atoms with Crippen molar-refractivity contribution < 1.29 is 9.53 Å². The van der Waals surface area contributed by atoms with Gasteiger partial charge in [-0.25, -0.2) is 0 Å². The van der Waals surface area contributed by atoms with Crippen LogP contribution in [0.2, 0.25) is 0 Å². The number of aryl methyl sites for hydroxylation is 4. The van der Waals surface area contributed by atoms with Gasteiger partial charge in [0.25, 0.3) is 0 Å². The van der Waals surface area contributed by atoms with E-state index in [1.807, 2.05) is 0 Å². The fraction of sp³-hybridized carbons (Fsp3) is 0.621. The lowest BCUT2D eigenvalue weighted by molar-refractivity contribution is 0.0985. The van der Waals surface area contributed by atoms with Gasteiger partial charge in [0.05, 0.1) is 11.5 Å². The molecule has 1 N–H and O–H groups in total. The number of benzene rings is 1. The van der Waals surface area contributed by atoms with Crippen LogP contribution in [0, 0.1) is 19.3 Å². The van der Waals surface area contributed by atoms with Gasteiger partial charge in [-0.2, -0.15) is 0 Å². The van der Waals surface area contributed by atoms with Crippen molar-refractivity contribution in [3.05, 3.63) is 49.7 Å². The van der Waals surface area contributed by atoms with Crippen molar-refractivity contribution in [2.45, 2.75) is 99.5 Å². The molecule has 33 heavy (non-hydrogen) atoms. The lowest BCUT2D eigenvalue weighted by Crippen LogP contribution is -2.24. The number of ether oxygens (including phenoxy) is 1. The molecule has 3 nitrogen and oxygen atoms in total.